The van der Waals surface area contributed by atoms with Crippen LogP contribution in [0.25, 0.3) is 10.2 Å². The smallest absolute Gasteiger partial charge is 0.263 e. The van der Waals surface area contributed by atoms with E-state index in [1.807, 2.05) is 4.57 Å². The van der Waals surface area contributed by atoms with Crippen molar-refractivity contribution in [1.82, 2.24) is 9.55 Å². The first-order valence-corrected chi connectivity index (χ1v) is 11.2. The minimum atomic E-state index is 0.104. The first-order valence-electron chi connectivity index (χ1n) is 9.44. The SMILES string of the molecule is N#CCCCSc1nc2sc3c(c2c(=O)n1C[C@@H]1CCCO1)CCCC3. The van der Waals surface area contributed by atoms with Crippen molar-refractivity contribution in [2.75, 3.05) is 12.4 Å². The number of hydrogen-bond acceptors (Lipinski definition) is 6. The minimum absolute atomic E-state index is 0.104. The summed E-state index contributed by atoms with van der Waals surface area (Å²) in [5.41, 5.74) is 1.35. The van der Waals surface area contributed by atoms with Crippen LogP contribution in [0, 0.1) is 11.3 Å². The van der Waals surface area contributed by atoms with Crippen LogP contribution in [0.1, 0.15) is 49.0 Å². The van der Waals surface area contributed by atoms with Gasteiger partial charge >= 0.3 is 0 Å². The predicted octanol–water partition coefficient (Wildman–Crippen LogP) is 3.91. The van der Waals surface area contributed by atoms with Crippen LogP contribution in [0.15, 0.2) is 9.95 Å². The van der Waals surface area contributed by atoms with Crippen LogP contribution in [0.2, 0.25) is 0 Å². The van der Waals surface area contributed by atoms with Gasteiger partial charge in [0, 0.05) is 23.7 Å². The lowest BCUT2D eigenvalue weighted by molar-refractivity contribution is 0.0937. The predicted molar refractivity (Wildman–Crippen MR) is 105 cm³/mol. The van der Waals surface area contributed by atoms with Crippen LogP contribution >= 0.6 is 23.1 Å². The third kappa shape index (κ3) is 3.55. The molecule has 2 aromatic heterocycles. The number of hydrogen-bond donors (Lipinski definition) is 0. The van der Waals surface area contributed by atoms with Gasteiger partial charge in [-0.15, -0.1) is 11.3 Å². The molecule has 0 unspecified atom stereocenters. The number of aryl methyl sites for hydroxylation is 2. The largest absolute Gasteiger partial charge is 0.376 e. The molecule has 0 radical (unpaired) electrons. The van der Waals surface area contributed by atoms with Crippen molar-refractivity contribution < 1.29 is 4.74 Å². The topological polar surface area (TPSA) is 67.9 Å². The molecule has 2 aliphatic rings. The van der Waals surface area contributed by atoms with Gasteiger partial charge in [-0.05, 0) is 50.5 Å². The second-order valence-corrected chi connectivity index (χ2v) is 9.09. The average molecular weight is 390 g/mol. The first kappa shape index (κ1) is 18.0. The van der Waals surface area contributed by atoms with Crippen molar-refractivity contribution in [3.05, 3.63) is 20.8 Å². The maximum Gasteiger partial charge on any atom is 0.263 e. The van der Waals surface area contributed by atoms with E-state index in [0.717, 1.165) is 66.3 Å². The normalized spacial score (nSPS) is 19.6. The highest BCUT2D eigenvalue weighted by Gasteiger charge is 2.24. The van der Waals surface area contributed by atoms with Crippen LogP contribution in [0.5, 0.6) is 0 Å². The number of fused-ring (bicyclic) bond motifs is 3. The molecule has 0 bridgehead atoms. The molecule has 0 saturated carbocycles. The molecule has 138 valence electrons. The molecule has 5 nitrogen and oxygen atoms in total. The molecule has 1 atom stereocenters. The van der Waals surface area contributed by atoms with E-state index in [1.54, 1.807) is 23.1 Å². The lowest BCUT2D eigenvalue weighted by atomic mass is 9.97. The van der Waals surface area contributed by atoms with Crippen molar-refractivity contribution in [1.29, 1.82) is 5.26 Å². The standard InChI is InChI=1S/C19H23N3O2S2/c20-9-3-4-11-25-19-21-17-16(14-7-1-2-8-15(14)26-17)18(23)22(19)12-13-6-5-10-24-13/h13H,1-8,10-12H2/t13-/m0/s1. The van der Waals surface area contributed by atoms with Gasteiger partial charge < -0.3 is 4.74 Å². The molecule has 4 rings (SSSR count). The molecule has 0 N–H and O–H groups in total. The fourth-order valence-corrected chi connectivity index (χ4v) is 6.05. The molecule has 3 heterocycles. The van der Waals surface area contributed by atoms with Crippen molar-refractivity contribution in [2.24, 2.45) is 0 Å². The van der Waals surface area contributed by atoms with Gasteiger partial charge in [-0.25, -0.2) is 4.98 Å². The Morgan fingerprint density at radius 3 is 3.04 bits per heavy atom. The molecule has 1 saturated heterocycles. The molecule has 1 fully saturated rings. The number of rotatable bonds is 6. The van der Waals surface area contributed by atoms with E-state index in [-0.39, 0.29) is 11.7 Å². The number of ether oxygens (including phenoxy) is 1. The van der Waals surface area contributed by atoms with Crippen molar-refractivity contribution in [3.63, 3.8) is 0 Å². The van der Waals surface area contributed by atoms with Gasteiger partial charge in [0.2, 0.25) is 0 Å². The third-order valence-corrected chi connectivity index (χ3v) is 7.36. The molecule has 26 heavy (non-hydrogen) atoms. The molecular weight excluding hydrogens is 366 g/mol. The zero-order valence-electron chi connectivity index (χ0n) is 14.8. The summed E-state index contributed by atoms with van der Waals surface area (Å²) in [4.78, 5) is 20.5. The average Bonchev–Trinajstić information content (AvgIpc) is 3.28. The zero-order valence-corrected chi connectivity index (χ0v) is 16.5. The molecular formula is C19H23N3O2S2. The van der Waals surface area contributed by atoms with Crippen molar-refractivity contribution >= 4 is 33.3 Å². The van der Waals surface area contributed by atoms with E-state index in [2.05, 4.69) is 6.07 Å². The van der Waals surface area contributed by atoms with Crippen molar-refractivity contribution in [2.45, 2.75) is 69.2 Å². The molecule has 1 aliphatic carbocycles. The Morgan fingerprint density at radius 1 is 1.35 bits per heavy atom. The highest BCUT2D eigenvalue weighted by molar-refractivity contribution is 7.99. The summed E-state index contributed by atoms with van der Waals surface area (Å²) >= 11 is 3.30. The molecule has 1 aliphatic heterocycles. The summed E-state index contributed by atoms with van der Waals surface area (Å²) in [6, 6.07) is 2.18. The minimum Gasteiger partial charge on any atom is -0.376 e. The number of thiophene rings is 1. The van der Waals surface area contributed by atoms with Gasteiger partial charge in [0.1, 0.15) is 4.83 Å². The molecule has 7 heteroatoms. The maximum atomic E-state index is 13.4. The van der Waals surface area contributed by atoms with E-state index >= 15 is 0 Å². The van der Waals surface area contributed by atoms with E-state index in [4.69, 9.17) is 15.0 Å². The van der Waals surface area contributed by atoms with Crippen LogP contribution < -0.4 is 5.56 Å². The molecule has 0 aromatic carbocycles. The van der Waals surface area contributed by atoms with Crippen LogP contribution in [-0.2, 0) is 24.1 Å². The number of aromatic nitrogens is 2. The van der Waals surface area contributed by atoms with E-state index in [0.29, 0.717) is 13.0 Å². The Morgan fingerprint density at radius 2 is 2.23 bits per heavy atom. The molecule has 0 spiro atoms. The Balaban J connectivity index is 1.73. The summed E-state index contributed by atoms with van der Waals surface area (Å²) < 4.78 is 7.62. The maximum absolute atomic E-state index is 13.4. The second-order valence-electron chi connectivity index (χ2n) is 6.95. The van der Waals surface area contributed by atoms with Gasteiger partial charge in [-0.1, -0.05) is 11.8 Å². The van der Waals surface area contributed by atoms with Crippen LogP contribution in [-0.4, -0.2) is 28.0 Å². The summed E-state index contributed by atoms with van der Waals surface area (Å²) in [5.74, 6) is 0.808. The molecule has 0 amide bonds. The lowest BCUT2D eigenvalue weighted by Gasteiger charge is -2.16. The number of unbranched alkanes of at least 4 members (excludes halogenated alkanes) is 1. The van der Waals surface area contributed by atoms with Crippen LogP contribution in [0.4, 0.5) is 0 Å². The second kappa shape index (κ2) is 8.12. The van der Waals surface area contributed by atoms with E-state index in [9.17, 15) is 4.79 Å². The zero-order chi connectivity index (χ0) is 17.9. The first-order chi connectivity index (χ1) is 12.8. The van der Waals surface area contributed by atoms with Crippen LogP contribution in [0.3, 0.4) is 0 Å². The Hall–Kier alpha value is -1.36. The summed E-state index contributed by atoms with van der Waals surface area (Å²) in [5, 5.41) is 10.4. The van der Waals surface area contributed by atoms with Gasteiger partial charge in [-0.2, -0.15) is 5.26 Å². The number of nitrogens with zero attached hydrogens (tertiary/aromatic N) is 3. The Kier molecular flexibility index (Phi) is 5.63. The monoisotopic (exact) mass is 389 g/mol. The van der Waals surface area contributed by atoms with E-state index in [1.165, 1.54) is 16.9 Å². The number of thioether (sulfide) groups is 1. The van der Waals surface area contributed by atoms with Gasteiger partial charge in [0.15, 0.2) is 5.16 Å². The summed E-state index contributed by atoms with van der Waals surface area (Å²) in [7, 11) is 0. The highest BCUT2D eigenvalue weighted by atomic mass is 32.2. The molecule has 2 aromatic rings. The number of nitriles is 1. The Bertz CT molecular complexity index is 891. The highest BCUT2D eigenvalue weighted by Crippen LogP contribution is 2.35. The van der Waals surface area contributed by atoms with Gasteiger partial charge in [0.25, 0.3) is 5.56 Å². The van der Waals surface area contributed by atoms with Gasteiger partial charge in [0.05, 0.1) is 24.1 Å². The Labute approximate surface area is 161 Å². The fourth-order valence-electron chi connectivity index (χ4n) is 3.80. The third-order valence-electron chi connectivity index (χ3n) is 5.11. The summed E-state index contributed by atoms with van der Waals surface area (Å²) in [6.45, 7) is 1.38. The quantitative estimate of drug-likeness (QED) is 0.426. The van der Waals surface area contributed by atoms with E-state index < -0.39 is 0 Å². The van der Waals surface area contributed by atoms with Crippen molar-refractivity contribution in [3.8, 4) is 6.07 Å². The lowest BCUT2D eigenvalue weighted by Crippen LogP contribution is -2.29. The van der Waals surface area contributed by atoms with Gasteiger partial charge in [-0.3, -0.25) is 9.36 Å². The fraction of sp³-hybridized carbons (Fsp3) is 0.632. The summed E-state index contributed by atoms with van der Waals surface area (Å²) in [6.07, 6.45) is 7.98.